The molecule has 3 aliphatic heterocycles. The fourth-order valence-corrected chi connectivity index (χ4v) is 12.4. The highest BCUT2D eigenvalue weighted by Gasteiger charge is 2.61. The van der Waals surface area contributed by atoms with Crippen molar-refractivity contribution >= 4 is 90.5 Å². The molecule has 12 rings (SSSR count). The zero-order valence-corrected chi connectivity index (χ0v) is 38.9. The zero-order chi connectivity index (χ0) is 44.1. The third-order valence-electron chi connectivity index (χ3n) is 15.9. The molecule has 0 bridgehead atoms. The molecule has 5 heteroatoms. The van der Waals surface area contributed by atoms with E-state index in [-0.39, 0.29) is 28.5 Å². The van der Waals surface area contributed by atoms with Gasteiger partial charge >= 0.3 is 0 Å². The molecule has 2 unspecified atom stereocenters. The van der Waals surface area contributed by atoms with E-state index in [0.717, 1.165) is 44.7 Å². The summed E-state index contributed by atoms with van der Waals surface area (Å²) in [5.41, 5.74) is 21.4. The van der Waals surface area contributed by atoms with Gasteiger partial charge in [-0.2, -0.15) is 0 Å². The van der Waals surface area contributed by atoms with Crippen molar-refractivity contribution < 1.29 is 4.42 Å². The summed E-state index contributed by atoms with van der Waals surface area (Å²) in [5.74, 6) is 0. The Morgan fingerprint density at radius 3 is 1.91 bits per heavy atom. The van der Waals surface area contributed by atoms with Gasteiger partial charge in [-0.3, -0.25) is 0 Å². The van der Waals surface area contributed by atoms with Crippen molar-refractivity contribution in [2.45, 2.75) is 110 Å². The van der Waals surface area contributed by atoms with Gasteiger partial charge in [-0.05, 0) is 143 Å². The van der Waals surface area contributed by atoms with Gasteiger partial charge in [-0.15, -0.1) is 0 Å². The topological polar surface area (TPSA) is 22.9 Å². The summed E-state index contributed by atoms with van der Waals surface area (Å²) in [6, 6.07) is 53.2. The summed E-state index contributed by atoms with van der Waals surface area (Å²) >= 11 is 0. The van der Waals surface area contributed by atoms with Crippen LogP contribution in [-0.2, 0) is 16.2 Å². The van der Waals surface area contributed by atoms with E-state index in [2.05, 4.69) is 217 Å². The Bertz CT molecular complexity index is 3150. The SMILES string of the molecule is Cc1cc2c3c(c1)N1c4c(cccc4C4(C)CCCCC14C)B3c1ccc(N(c3ccc(C(C)(C)C)cc3)c3ccc(C(C)(C)C)cc3)cc1N2c1cccc2oc3ccccc3c12. The van der Waals surface area contributed by atoms with Gasteiger partial charge in [-0.1, -0.05) is 134 Å². The first-order valence-electron chi connectivity index (χ1n) is 23.6. The highest BCUT2D eigenvalue weighted by molar-refractivity contribution is 7.00. The van der Waals surface area contributed by atoms with Crippen molar-refractivity contribution in [1.29, 1.82) is 0 Å². The Morgan fingerprint density at radius 2 is 1.20 bits per heavy atom. The Balaban J connectivity index is 1.15. The molecule has 0 saturated heterocycles. The molecule has 7 aromatic carbocycles. The van der Waals surface area contributed by atoms with E-state index in [4.69, 9.17) is 4.42 Å². The quantitative estimate of drug-likeness (QED) is 0.165. The first kappa shape index (κ1) is 39.4. The maximum Gasteiger partial charge on any atom is 0.252 e. The maximum absolute atomic E-state index is 6.63. The third-order valence-corrected chi connectivity index (χ3v) is 15.9. The molecule has 1 fully saturated rings. The van der Waals surface area contributed by atoms with Crippen LogP contribution in [0.1, 0.15) is 103 Å². The molecule has 1 aromatic heterocycles. The van der Waals surface area contributed by atoms with E-state index in [1.165, 1.54) is 87.1 Å². The van der Waals surface area contributed by atoms with E-state index in [9.17, 15) is 0 Å². The molecule has 4 nitrogen and oxygen atoms in total. The number of nitrogens with zero attached hydrogens (tertiary/aromatic N) is 3. The molecule has 2 atom stereocenters. The van der Waals surface area contributed by atoms with Gasteiger partial charge in [-0.25, -0.2) is 0 Å². The number of fused-ring (bicyclic) bond motifs is 10. The van der Waals surface area contributed by atoms with E-state index in [1.54, 1.807) is 0 Å². The Kier molecular flexibility index (Phi) is 8.26. The molecular weight excluding hydrogens is 777 g/mol. The van der Waals surface area contributed by atoms with Crippen molar-refractivity contribution in [3.63, 3.8) is 0 Å². The lowest BCUT2D eigenvalue weighted by Gasteiger charge is -2.53. The average molecular weight is 836 g/mol. The van der Waals surface area contributed by atoms with Gasteiger partial charge in [0.25, 0.3) is 6.71 Å². The Labute approximate surface area is 379 Å². The lowest BCUT2D eigenvalue weighted by Crippen LogP contribution is -2.64. The molecule has 8 aromatic rings. The van der Waals surface area contributed by atoms with Gasteiger partial charge < -0.3 is 19.1 Å². The van der Waals surface area contributed by atoms with Gasteiger partial charge in [0, 0.05) is 50.6 Å². The van der Waals surface area contributed by atoms with Crippen LogP contribution < -0.4 is 31.1 Å². The van der Waals surface area contributed by atoms with Crippen molar-refractivity contribution in [3.8, 4) is 0 Å². The van der Waals surface area contributed by atoms with Gasteiger partial charge in [0.05, 0.1) is 16.6 Å². The van der Waals surface area contributed by atoms with Crippen LogP contribution in [0.2, 0.25) is 0 Å². The maximum atomic E-state index is 6.63. The van der Waals surface area contributed by atoms with Gasteiger partial charge in [0.15, 0.2) is 0 Å². The second-order valence-corrected chi connectivity index (χ2v) is 21.8. The minimum absolute atomic E-state index is 0.0302. The second-order valence-electron chi connectivity index (χ2n) is 21.8. The smallest absolute Gasteiger partial charge is 0.252 e. The molecule has 318 valence electrons. The average Bonchev–Trinajstić information content (AvgIpc) is 3.76. The van der Waals surface area contributed by atoms with E-state index in [0.29, 0.717) is 0 Å². The van der Waals surface area contributed by atoms with Gasteiger partial charge in [0.1, 0.15) is 11.2 Å². The third kappa shape index (κ3) is 5.42. The number of hydrogen-bond acceptors (Lipinski definition) is 4. The molecule has 0 spiro atoms. The zero-order valence-electron chi connectivity index (χ0n) is 38.9. The number of anilines is 8. The summed E-state index contributed by atoms with van der Waals surface area (Å²) in [5, 5.41) is 2.27. The van der Waals surface area contributed by atoms with Crippen LogP contribution in [0.15, 0.2) is 144 Å². The molecule has 0 amide bonds. The van der Waals surface area contributed by atoms with Crippen LogP contribution in [0.25, 0.3) is 21.9 Å². The molecular formula is C59H58BN3O. The van der Waals surface area contributed by atoms with Crippen LogP contribution in [0.3, 0.4) is 0 Å². The van der Waals surface area contributed by atoms with Crippen LogP contribution in [0.5, 0.6) is 0 Å². The first-order chi connectivity index (χ1) is 30.7. The minimum Gasteiger partial charge on any atom is -0.456 e. The molecule has 0 N–H and O–H groups in total. The number of hydrogen-bond donors (Lipinski definition) is 0. The fourth-order valence-electron chi connectivity index (χ4n) is 12.4. The van der Waals surface area contributed by atoms with Crippen molar-refractivity contribution in [3.05, 3.63) is 162 Å². The predicted molar refractivity (Wildman–Crippen MR) is 273 cm³/mol. The monoisotopic (exact) mass is 835 g/mol. The Morgan fingerprint density at radius 1 is 0.578 bits per heavy atom. The molecule has 1 saturated carbocycles. The number of rotatable bonds is 4. The normalized spacial score (nSPS) is 19.7. The first-order valence-corrected chi connectivity index (χ1v) is 23.6. The number of aryl methyl sites for hydroxylation is 1. The number of benzene rings is 7. The van der Waals surface area contributed by atoms with Crippen LogP contribution in [0, 0.1) is 6.92 Å². The summed E-state index contributed by atoms with van der Waals surface area (Å²) < 4.78 is 6.63. The summed E-state index contributed by atoms with van der Waals surface area (Å²) in [4.78, 5) is 7.88. The van der Waals surface area contributed by atoms with Crippen molar-refractivity contribution in [2.75, 3.05) is 14.7 Å². The van der Waals surface area contributed by atoms with Crippen LogP contribution in [-0.4, -0.2) is 12.3 Å². The highest BCUT2D eigenvalue weighted by Crippen LogP contribution is 2.62. The summed E-state index contributed by atoms with van der Waals surface area (Å²) in [6.45, 7) is 21.2. The summed E-state index contributed by atoms with van der Waals surface area (Å²) in [6.07, 6.45) is 4.92. The van der Waals surface area contributed by atoms with E-state index in [1.807, 2.05) is 0 Å². The van der Waals surface area contributed by atoms with Gasteiger partial charge in [0.2, 0.25) is 0 Å². The molecule has 4 aliphatic rings. The molecule has 4 heterocycles. The molecule has 64 heavy (non-hydrogen) atoms. The largest absolute Gasteiger partial charge is 0.456 e. The predicted octanol–water partition coefficient (Wildman–Crippen LogP) is 14.3. The lowest BCUT2D eigenvalue weighted by atomic mass is 9.33. The fraction of sp³-hybridized carbons (Fsp3) is 0.288. The Hall–Kier alpha value is -6.20. The van der Waals surface area contributed by atoms with Crippen LogP contribution >= 0.6 is 0 Å². The highest BCUT2D eigenvalue weighted by atomic mass is 16.3. The lowest BCUT2D eigenvalue weighted by molar-refractivity contribution is 0.195. The van der Waals surface area contributed by atoms with E-state index < -0.39 is 0 Å². The molecule has 0 radical (unpaired) electrons. The number of para-hydroxylation sites is 2. The minimum atomic E-state index is -0.0302. The van der Waals surface area contributed by atoms with Crippen LogP contribution in [0.4, 0.5) is 45.5 Å². The van der Waals surface area contributed by atoms with Crippen molar-refractivity contribution in [2.24, 2.45) is 0 Å². The molecule has 1 aliphatic carbocycles. The standard InChI is InChI=1S/C59H58BN3O/c1-37-34-49-54-50(35-37)63-55-44(58(8)32-12-13-33-59(58,63)9)17-14-18-46(55)60(54)45-31-30-42(36-48(45)62(49)47-19-15-21-52-53(47)43-16-10-11-20-51(43)64-52)61(40-26-22-38(23-27-40)56(2,3)4)41-28-24-39(25-29-41)57(5,6)7/h10-11,14-31,34-36H,12-13,32-33H2,1-9H3. The van der Waals surface area contributed by atoms with Crippen molar-refractivity contribution in [1.82, 2.24) is 0 Å². The van der Waals surface area contributed by atoms with E-state index >= 15 is 0 Å². The number of furan rings is 1. The summed E-state index contributed by atoms with van der Waals surface area (Å²) in [7, 11) is 0. The second kappa shape index (κ2) is 13.4.